The molecule has 7 heteroatoms. The maximum atomic E-state index is 6.30. The largest absolute Gasteiger partial charge is 0.456 e. The Hall–Kier alpha value is -7.74. The van der Waals surface area contributed by atoms with E-state index in [4.69, 9.17) is 19.4 Å². The Morgan fingerprint density at radius 2 is 1.00 bits per heavy atom. The van der Waals surface area contributed by atoms with E-state index in [2.05, 4.69) is 161 Å². The Morgan fingerprint density at radius 3 is 1.83 bits per heavy atom. The third-order valence-electron chi connectivity index (χ3n) is 11.8. The molecule has 0 spiro atoms. The van der Waals surface area contributed by atoms with Crippen LogP contribution in [0.3, 0.4) is 0 Å². The summed E-state index contributed by atoms with van der Waals surface area (Å²) in [6, 6.07) is 65.9. The normalized spacial score (nSPS) is 12.3. The average molecular weight is 786 g/mol. The second kappa shape index (κ2) is 12.9. The maximum Gasteiger partial charge on any atom is 0.164 e. The smallest absolute Gasteiger partial charge is 0.164 e. The Kier molecular flexibility index (Phi) is 7.14. The van der Waals surface area contributed by atoms with E-state index in [-0.39, 0.29) is 0 Å². The first-order chi connectivity index (χ1) is 29.7. The number of hydrogen-bond donors (Lipinski definition) is 0. The lowest BCUT2D eigenvalue weighted by Gasteiger charge is -2.21. The predicted molar refractivity (Wildman–Crippen MR) is 244 cm³/mol. The Morgan fingerprint density at radius 1 is 0.400 bits per heavy atom. The zero-order chi connectivity index (χ0) is 39.3. The first-order valence-corrected chi connectivity index (χ1v) is 20.8. The molecule has 1 aliphatic heterocycles. The summed E-state index contributed by atoms with van der Waals surface area (Å²) >= 11 is 1.85. The van der Waals surface area contributed by atoms with Gasteiger partial charge in [-0.2, -0.15) is 0 Å². The van der Waals surface area contributed by atoms with Gasteiger partial charge in [0.25, 0.3) is 0 Å². The summed E-state index contributed by atoms with van der Waals surface area (Å²) in [5.41, 5.74) is 12.4. The molecule has 0 aliphatic carbocycles. The van der Waals surface area contributed by atoms with Gasteiger partial charge < -0.3 is 4.42 Å². The van der Waals surface area contributed by atoms with Gasteiger partial charge in [-0.15, -0.1) is 0 Å². The third-order valence-corrected chi connectivity index (χ3v) is 12.9. The first kappa shape index (κ1) is 33.3. The molecule has 0 atom stereocenters. The molecule has 0 N–H and O–H groups in total. The van der Waals surface area contributed by atoms with E-state index in [1.54, 1.807) is 0 Å². The molecule has 12 aromatic rings. The topological polar surface area (TPSA) is 61.7 Å². The second-order valence-electron chi connectivity index (χ2n) is 15.2. The molecule has 4 aromatic heterocycles. The van der Waals surface area contributed by atoms with Gasteiger partial charge in [0.1, 0.15) is 16.8 Å². The number of para-hydroxylation sites is 4. The van der Waals surface area contributed by atoms with Crippen LogP contribution in [0.2, 0.25) is 0 Å². The molecule has 280 valence electrons. The second-order valence-corrected chi connectivity index (χ2v) is 16.3. The third kappa shape index (κ3) is 4.93. The molecule has 0 unspecified atom stereocenters. The fourth-order valence-corrected chi connectivity index (χ4v) is 10.2. The zero-order valence-corrected chi connectivity index (χ0v) is 32.8. The van der Waals surface area contributed by atoms with Crippen molar-refractivity contribution >= 4 is 66.5 Å². The number of aromatic nitrogens is 5. The van der Waals surface area contributed by atoms with Crippen molar-refractivity contribution in [2.75, 3.05) is 0 Å². The first-order valence-electron chi connectivity index (χ1n) is 20.0. The number of furan rings is 1. The predicted octanol–water partition coefficient (Wildman–Crippen LogP) is 13.9. The van der Waals surface area contributed by atoms with Gasteiger partial charge in [-0.25, -0.2) is 15.0 Å². The van der Waals surface area contributed by atoms with Crippen LogP contribution in [-0.4, -0.2) is 24.1 Å². The lowest BCUT2D eigenvalue weighted by atomic mass is 10.0. The van der Waals surface area contributed by atoms with Crippen molar-refractivity contribution in [2.24, 2.45) is 0 Å². The van der Waals surface area contributed by atoms with E-state index in [1.807, 2.05) is 48.2 Å². The standard InChI is InChI=1S/C53H31N5OS/c1-2-12-32(13-3-1)33-24-26-34(27-25-33)50-54-51(56-52(55-50)40-17-10-21-44-47(40)38-15-5-8-20-43(38)59-44)35-28-30-36(31-29-35)57-41-18-6-4-14-37(41)48-39-16-11-23-46-49(39)58(53(48)57)42-19-7-9-22-45(42)60-46/h1-31H. The molecule has 6 nitrogen and oxygen atoms in total. The van der Waals surface area contributed by atoms with Crippen LogP contribution >= 0.6 is 11.8 Å². The van der Waals surface area contributed by atoms with Crippen molar-refractivity contribution in [1.82, 2.24) is 24.1 Å². The highest BCUT2D eigenvalue weighted by Gasteiger charge is 2.28. The number of rotatable bonds is 5. The Bertz CT molecular complexity index is 3680. The van der Waals surface area contributed by atoms with E-state index in [0.29, 0.717) is 17.5 Å². The highest BCUT2D eigenvalue weighted by molar-refractivity contribution is 7.99. The molecule has 0 radical (unpaired) electrons. The molecule has 0 saturated heterocycles. The van der Waals surface area contributed by atoms with Crippen LogP contribution < -0.4 is 0 Å². The summed E-state index contributed by atoms with van der Waals surface area (Å²) in [6.07, 6.45) is 0. The van der Waals surface area contributed by atoms with Gasteiger partial charge in [-0.3, -0.25) is 9.13 Å². The average Bonchev–Trinajstić information content (AvgIpc) is 3.98. The van der Waals surface area contributed by atoms with Crippen molar-refractivity contribution in [3.63, 3.8) is 0 Å². The highest BCUT2D eigenvalue weighted by Crippen LogP contribution is 2.49. The summed E-state index contributed by atoms with van der Waals surface area (Å²) < 4.78 is 11.2. The minimum Gasteiger partial charge on any atom is -0.456 e. The van der Waals surface area contributed by atoms with Crippen LogP contribution in [0.5, 0.6) is 0 Å². The Labute approximate surface area is 348 Å². The van der Waals surface area contributed by atoms with Crippen molar-refractivity contribution in [3.8, 4) is 56.7 Å². The van der Waals surface area contributed by atoms with Crippen molar-refractivity contribution in [1.29, 1.82) is 0 Å². The molecule has 0 saturated carbocycles. The van der Waals surface area contributed by atoms with Gasteiger partial charge >= 0.3 is 0 Å². The number of nitrogens with zero attached hydrogens (tertiary/aromatic N) is 5. The van der Waals surface area contributed by atoms with Crippen molar-refractivity contribution in [3.05, 3.63) is 188 Å². The van der Waals surface area contributed by atoms with Crippen LogP contribution in [-0.2, 0) is 0 Å². The number of fused-ring (bicyclic) bond motifs is 10. The van der Waals surface area contributed by atoms with Crippen molar-refractivity contribution < 1.29 is 4.42 Å². The molecule has 1 aliphatic rings. The molecular weight excluding hydrogens is 755 g/mol. The van der Waals surface area contributed by atoms with E-state index in [0.717, 1.165) is 66.6 Å². The molecule has 0 fully saturated rings. The monoisotopic (exact) mass is 785 g/mol. The van der Waals surface area contributed by atoms with E-state index >= 15 is 0 Å². The van der Waals surface area contributed by atoms with Crippen LogP contribution in [0.1, 0.15) is 0 Å². The SMILES string of the molecule is c1ccc(-c2ccc(-c3nc(-c4ccc(-n5c6ccccc6c6c7cccc8c7n(c65)-c5ccccc5S8)cc4)nc(-c4cccc5oc6ccccc6c45)n3)cc2)cc1. The van der Waals surface area contributed by atoms with E-state index < -0.39 is 0 Å². The lowest BCUT2D eigenvalue weighted by molar-refractivity contribution is 0.669. The van der Waals surface area contributed by atoms with Gasteiger partial charge in [0.15, 0.2) is 17.5 Å². The molecule has 60 heavy (non-hydrogen) atoms. The Balaban J connectivity index is 1.00. The van der Waals surface area contributed by atoms with Gasteiger partial charge in [0.05, 0.1) is 16.7 Å². The summed E-state index contributed by atoms with van der Waals surface area (Å²) in [7, 11) is 0. The summed E-state index contributed by atoms with van der Waals surface area (Å²) in [5.74, 6) is 1.79. The van der Waals surface area contributed by atoms with Crippen molar-refractivity contribution in [2.45, 2.75) is 9.79 Å². The minimum atomic E-state index is 0.591. The van der Waals surface area contributed by atoms with Crippen LogP contribution in [0.25, 0.3) is 111 Å². The molecule has 8 aromatic carbocycles. The maximum absolute atomic E-state index is 6.30. The van der Waals surface area contributed by atoms with Crippen LogP contribution in [0.15, 0.2) is 202 Å². The molecule has 13 rings (SSSR count). The quantitative estimate of drug-likeness (QED) is 0.174. The minimum absolute atomic E-state index is 0.591. The molecule has 0 amide bonds. The summed E-state index contributed by atoms with van der Waals surface area (Å²) in [6.45, 7) is 0. The molecule has 0 bridgehead atoms. The van der Waals surface area contributed by atoms with Gasteiger partial charge in [-0.05, 0) is 71.8 Å². The summed E-state index contributed by atoms with van der Waals surface area (Å²) in [5, 5.41) is 5.76. The van der Waals surface area contributed by atoms with Gasteiger partial charge in [0.2, 0.25) is 0 Å². The fourth-order valence-electron chi connectivity index (χ4n) is 9.11. The lowest BCUT2D eigenvalue weighted by Crippen LogP contribution is -2.05. The number of hydrogen-bond acceptors (Lipinski definition) is 5. The zero-order valence-electron chi connectivity index (χ0n) is 32.0. The van der Waals surface area contributed by atoms with Gasteiger partial charge in [0, 0.05) is 59.1 Å². The molecule has 5 heterocycles. The van der Waals surface area contributed by atoms with Crippen LogP contribution in [0, 0.1) is 0 Å². The number of benzene rings is 8. The van der Waals surface area contributed by atoms with E-state index in [9.17, 15) is 0 Å². The van der Waals surface area contributed by atoms with Gasteiger partial charge in [-0.1, -0.05) is 139 Å². The molecular formula is C53H31N5OS. The highest BCUT2D eigenvalue weighted by atomic mass is 32.2. The summed E-state index contributed by atoms with van der Waals surface area (Å²) in [4.78, 5) is 18.1. The van der Waals surface area contributed by atoms with E-state index in [1.165, 1.54) is 37.2 Å². The van der Waals surface area contributed by atoms with Crippen LogP contribution in [0.4, 0.5) is 0 Å². The fraction of sp³-hybridized carbons (Fsp3) is 0.